The van der Waals surface area contributed by atoms with Crippen molar-refractivity contribution in [1.82, 2.24) is 0 Å². The van der Waals surface area contributed by atoms with Gasteiger partial charge in [-0.15, -0.1) is 0 Å². The number of ether oxygens (including phenoxy) is 3. The van der Waals surface area contributed by atoms with E-state index in [1.54, 1.807) is 0 Å². The van der Waals surface area contributed by atoms with Crippen molar-refractivity contribution in [2.24, 2.45) is 0 Å². The molecule has 0 radical (unpaired) electrons. The molecule has 122 valence electrons. The summed E-state index contributed by atoms with van der Waals surface area (Å²) in [6.07, 6.45) is 1.74. The summed E-state index contributed by atoms with van der Waals surface area (Å²) in [6.45, 7) is 3.90. The van der Waals surface area contributed by atoms with Crippen molar-refractivity contribution < 1.29 is 14.2 Å². The van der Waals surface area contributed by atoms with E-state index >= 15 is 0 Å². The number of hydrogen-bond donors (Lipinski definition) is 0. The van der Waals surface area contributed by atoms with Crippen LogP contribution in [0.5, 0.6) is 0 Å². The molecule has 1 fully saturated rings. The molecule has 3 nitrogen and oxygen atoms in total. The fourth-order valence-corrected chi connectivity index (χ4v) is 2.80. The van der Waals surface area contributed by atoms with E-state index in [1.807, 2.05) is 36.4 Å². The Morgan fingerprint density at radius 2 is 1.57 bits per heavy atom. The van der Waals surface area contributed by atoms with E-state index in [-0.39, 0.29) is 11.9 Å². The summed E-state index contributed by atoms with van der Waals surface area (Å²) in [4.78, 5) is 0. The molecule has 2 aromatic carbocycles. The van der Waals surface area contributed by atoms with Gasteiger partial charge in [0.2, 0.25) is 0 Å². The van der Waals surface area contributed by atoms with E-state index in [9.17, 15) is 0 Å². The number of rotatable bonds is 7. The zero-order valence-corrected chi connectivity index (χ0v) is 13.6. The zero-order valence-electron chi connectivity index (χ0n) is 13.6. The first-order valence-corrected chi connectivity index (χ1v) is 8.19. The zero-order chi connectivity index (χ0) is 16.0. The van der Waals surface area contributed by atoms with Crippen molar-refractivity contribution in [2.45, 2.75) is 44.9 Å². The maximum Gasteiger partial charge on any atom is 0.158 e. The highest BCUT2D eigenvalue weighted by Crippen LogP contribution is 2.31. The molecule has 0 amide bonds. The van der Waals surface area contributed by atoms with E-state index in [2.05, 4.69) is 31.2 Å². The number of hydrogen-bond acceptors (Lipinski definition) is 3. The molecule has 3 rings (SSSR count). The van der Waals surface area contributed by atoms with Gasteiger partial charge in [0.1, 0.15) is 0 Å². The molecular weight excluding hydrogens is 288 g/mol. The summed E-state index contributed by atoms with van der Waals surface area (Å²) in [6, 6.07) is 20.4. The Bertz CT molecular complexity index is 584. The van der Waals surface area contributed by atoms with Gasteiger partial charge in [-0.1, -0.05) is 60.7 Å². The maximum atomic E-state index is 6.06. The Morgan fingerprint density at radius 3 is 2.22 bits per heavy atom. The summed E-state index contributed by atoms with van der Waals surface area (Å²) in [5.74, 6) is 0. The van der Waals surface area contributed by atoms with Gasteiger partial charge in [0.25, 0.3) is 0 Å². The van der Waals surface area contributed by atoms with Crippen LogP contribution < -0.4 is 0 Å². The van der Waals surface area contributed by atoms with Gasteiger partial charge in [0.15, 0.2) is 6.29 Å². The molecule has 0 aromatic heterocycles. The SMILES string of the molecule is CC1(COCc2ccccc2)CCC(OCc2ccccc2)O1. The monoisotopic (exact) mass is 312 g/mol. The first-order valence-electron chi connectivity index (χ1n) is 8.19. The van der Waals surface area contributed by atoms with Crippen molar-refractivity contribution in [2.75, 3.05) is 6.61 Å². The second-order valence-corrected chi connectivity index (χ2v) is 6.31. The van der Waals surface area contributed by atoms with E-state index in [0.717, 1.165) is 12.8 Å². The minimum Gasteiger partial charge on any atom is -0.374 e. The molecule has 2 unspecified atom stereocenters. The molecule has 3 heteroatoms. The van der Waals surface area contributed by atoms with Crippen LogP contribution in [0, 0.1) is 0 Å². The van der Waals surface area contributed by atoms with Crippen LogP contribution in [0.3, 0.4) is 0 Å². The molecular formula is C20H24O3. The van der Waals surface area contributed by atoms with Crippen LogP contribution in [-0.4, -0.2) is 18.5 Å². The predicted molar refractivity (Wildman–Crippen MR) is 89.8 cm³/mol. The molecule has 0 N–H and O–H groups in total. The topological polar surface area (TPSA) is 27.7 Å². The van der Waals surface area contributed by atoms with Crippen molar-refractivity contribution in [3.05, 3.63) is 71.8 Å². The van der Waals surface area contributed by atoms with Gasteiger partial charge in [-0.3, -0.25) is 0 Å². The second kappa shape index (κ2) is 7.73. The Hall–Kier alpha value is -1.68. The Labute approximate surface area is 138 Å². The summed E-state index contributed by atoms with van der Waals surface area (Å²) in [7, 11) is 0. The molecule has 0 spiro atoms. The van der Waals surface area contributed by atoms with Crippen molar-refractivity contribution in [1.29, 1.82) is 0 Å². The Morgan fingerprint density at radius 1 is 0.957 bits per heavy atom. The summed E-state index contributed by atoms with van der Waals surface area (Å²) in [5, 5.41) is 0. The van der Waals surface area contributed by atoms with Gasteiger partial charge in [-0.2, -0.15) is 0 Å². The average Bonchev–Trinajstić information content (AvgIpc) is 2.96. The molecule has 0 saturated carbocycles. The maximum absolute atomic E-state index is 6.06. The molecule has 2 atom stereocenters. The first-order chi connectivity index (χ1) is 11.2. The molecule has 2 aromatic rings. The highest BCUT2D eigenvalue weighted by molar-refractivity contribution is 5.14. The standard InChI is InChI=1S/C20H24O3/c1-20(16-21-14-17-8-4-2-5-9-17)13-12-19(23-20)22-15-18-10-6-3-7-11-18/h2-11,19H,12-16H2,1H3. The normalized spacial score (nSPS) is 24.0. The fraction of sp³-hybridized carbons (Fsp3) is 0.400. The van der Waals surface area contributed by atoms with Crippen molar-refractivity contribution in [3.63, 3.8) is 0 Å². The van der Waals surface area contributed by atoms with Crippen LogP contribution in [0.2, 0.25) is 0 Å². The Kier molecular flexibility index (Phi) is 5.44. The average molecular weight is 312 g/mol. The molecule has 0 bridgehead atoms. The molecule has 1 saturated heterocycles. The van der Waals surface area contributed by atoms with E-state index < -0.39 is 0 Å². The number of benzene rings is 2. The predicted octanol–water partition coefficient (Wildman–Crippen LogP) is 4.32. The quantitative estimate of drug-likeness (QED) is 0.762. The van der Waals surface area contributed by atoms with Gasteiger partial charge in [0.05, 0.1) is 25.4 Å². The molecule has 0 aliphatic carbocycles. The van der Waals surface area contributed by atoms with Gasteiger partial charge < -0.3 is 14.2 Å². The van der Waals surface area contributed by atoms with Gasteiger partial charge in [0, 0.05) is 6.42 Å². The second-order valence-electron chi connectivity index (χ2n) is 6.31. The lowest BCUT2D eigenvalue weighted by Gasteiger charge is -2.24. The molecule has 1 aliphatic rings. The third-order valence-electron chi connectivity index (χ3n) is 4.12. The van der Waals surface area contributed by atoms with E-state index in [4.69, 9.17) is 14.2 Å². The van der Waals surface area contributed by atoms with Crippen LogP contribution in [0.15, 0.2) is 60.7 Å². The lowest BCUT2D eigenvalue weighted by atomic mass is 10.0. The van der Waals surface area contributed by atoms with Crippen LogP contribution in [0.4, 0.5) is 0 Å². The molecule has 23 heavy (non-hydrogen) atoms. The van der Waals surface area contributed by atoms with E-state index in [0.29, 0.717) is 19.8 Å². The van der Waals surface area contributed by atoms with Crippen LogP contribution in [-0.2, 0) is 27.4 Å². The van der Waals surface area contributed by atoms with Crippen molar-refractivity contribution in [3.8, 4) is 0 Å². The first kappa shape index (κ1) is 16.2. The van der Waals surface area contributed by atoms with E-state index in [1.165, 1.54) is 11.1 Å². The van der Waals surface area contributed by atoms with Crippen LogP contribution in [0.1, 0.15) is 30.9 Å². The van der Waals surface area contributed by atoms with Crippen LogP contribution in [0.25, 0.3) is 0 Å². The van der Waals surface area contributed by atoms with Crippen LogP contribution >= 0.6 is 0 Å². The van der Waals surface area contributed by atoms with Gasteiger partial charge in [-0.05, 0) is 24.5 Å². The fourth-order valence-electron chi connectivity index (χ4n) is 2.80. The third kappa shape index (κ3) is 4.90. The minimum absolute atomic E-state index is 0.138. The molecule has 1 aliphatic heterocycles. The van der Waals surface area contributed by atoms with Gasteiger partial charge in [-0.25, -0.2) is 0 Å². The summed E-state index contributed by atoms with van der Waals surface area (Å²) < 4.78 is 17.8. The highest BCUT2D eigenvalue weighted by atomic mass is 16.7. The molecule has 1 heterocycles. The highest BCUT2D eigenvalue weighted by Gasteiger charge is 2.36. The summed E-state index contributed by atoms with van der Waals surface area (Å²) in [5.41, 5.74) is 2.10. The lowest BCUT2D eigenvalue weighted by molar-refractivity contribution is -0.184. The summed E-state index contributed by atoms with van der Waals surface area (Å²) >= 11 is 0. The van der Waals surface area contributed by atoms with Gasteiger partial charge >= 0.3 is 0 Å². The Balaban J connectivity index is 1.41. The largest absolute Gasteiger partial charge is 0.374 e. The lowest BCUT2D eigenvalue weighted by Crippen LogP contribution is -2.31. The third-order valence-corrected chi connectivity index (χ3v) is 4.12. The van der Waals surface area contributed by atoms with Crippen molar-refractivity contribution >= 4 is 0 Å². The minimum atomic E-state index is -0.254. The smallest absolute Gasteiger partial charge is 0.158 e.